The van der Waals surface area contributed by atoms with Gasteiger partial charge in [0, 0.05) is 0 Å². The van der Waals surface area contributed by atoms with Gasteiger partial charge in [0.05, 0.1) is 5.92 Å². The lowest BCUT2D eigenvalue weighted by Gasteiger charge is -2.24. The maximum atomic E-state index is 10.9. The van der Waals surface area contributed by atoms with Gasteiger partial charge in [-0.3, -0.25) is 4.79 Å². The average molecular weight is 240 g/mol. The van der Waals surface area contributed by atoms with Gasteiger partial charge in [0.2, 0.25) is 0 Å². The number of unbranched alkanes of at least 4 members (excludes halogenated alkanes) is 9. The molecular weight excluding hydrogens is 212 g/mol. The summed E-state index contributed by atoms with van der Waals surface area (Å²) in [4.78, 5) is 10.9. The van der Waals surface area contributed by atoms with Crippen LogP contribution in [0.4, 0.5) is 0 Å². The van der Waals surface area contributed by atoms with E-state index in [4.69, 9.17) is 4.74 Å². The quantitative estimate of drug-likeness (QED) is 0.393. The molecule has 0 aliphatic carbocycles. The van der Waals surface area contributed by atoms with Crippen molar-refractivity contribution in [2.24, 2.45) is 5.92 Å². The fraction of sp³-hybridized carbons (Fsp3) is 0.933. The summed E-state index contributed by atoms with van der Waals surface area (Å²) < 4.78 is 4.75. The smallest absolute Gasteiger partial charge is 0.312 e. The van der Waals surface area contributed by atoms with Crippen LogP contribution in [0.3, 0.4) is 0 Å². The molecule has 2 nitrogen and oxygen atoms in total. The highest BCUT2D eigenvalue weighted by atomic mass is 16.6. The number of hydrogen-bond donors (Lipinski definition) is 0. The number of esters is 1. The molecule has 0 bridgehead atoms. The van der Waals surface area contributed by atoms with Crippen molar-refractivity contribution in [3.63, 3.8) is 0 Å². The summed E-state index contributed by atoms with van der Waals surface area (Å²) in [5, 5.41) is 0. The molecule has 0 aromatic rings. The first-order chi connectivity index (χ1) is 8.34. The highest BCUT2D eigenvalue weighted by Crippen LogP contribution is 2.20. The van der Waals surface area contributed by atoms with Crippen molar-refractivity contribution in [2.45, 2.75) is 77.6 Å². The van der Waals surface area contributed by atoms with Gasteiger partial charge in [0.1, 0.15) is 6.61 Å². The molecule has 2 heteroatoms. The van der Waals surface area contributed by atoms with E-state index in [-0.39, 0.29) is 11.9 Å². The first kappa shape index (κ1) is 14.5. The summed E-state index contributed by atoms with van der Waals surface area (Å²) in [7, 11) is 0. The summed E-state index contributed by atoms with van der Waals surface area (Å²) in [6.07, 6.45) is 14.6. The van der Waals surface area contributed by atoms with Crippen LogP contribution in [0, 0.1) is 5.92 Å². The Hall–Kier alpha value is -0.530. The Labute approximate surface area is 106 Å². The minimum Gasteiger partial charge on any atom is -0.464 e. The standard InChI is InChI=1S/C15H28O2/c1-2-3-4-5-6-7-8-9-10-11-12-14-13-17-15(14)16/h14H,2-13H2,1H3. The van der Waals surface area contributed by atoms with E-state index in [1.807, 2.05) is 0 Å². The molecule has 17 heavy (non-hydrogen) atoms. The van der Waals surface area contributed by atoms with E-state index in [0.717, 1.165) is 6.42 Å². The second kappa shape index (κ2) is 9.49. The van der Waals surface area contributed by atoms with Crippen LogP contribution in [0.1, 0.15) is 77.6 Å². The van der Waals surface area contributed by atoms with Crippen LogP contribution in [0.2, 0.25) is 0 Å². The molecule has 1 aliphatic rings. The van der Waals surface area contributed by atoms with Crippen molar-refractivity contribution >= 4 is 5.97 Å². The largest absolute Gasteiger partial charge is 0.464 e. The Kier molecular flexibility index (Phi) is 8.12. The summed E-state index contributed by atoms with van der Waals surface area (Å²) in [5.74, 6) is 0.268. The third-order valence-electron chi connectivity index (χ3n) is 3.67. The lowest BCUT2D eigenvalue weighted by atomic mass is 9.98. The maximum Gasteiger partial charge on any atom is 0.312 e. The molecule has 1 aliphatic heterocycles. The molecule has 1 heterocycles. The van der Waals surface area contributed by atoms with E-state index in [9.17, 15) is 4.79 Å². The fourth-order valence-corrected chi connectivity index (χ4v) is 2.35. The van der Waals surface area contributed by atoms with Crippen LogP contribution in [-0.4, -0.2) is 12.6 Å². The first-order valence-electron chi connectivity index (χ1n) is 7.51. The van der Waals surface area contributed by atoms with Crippen LogP contribution >= 0.6 is 0 Å². The minimum atomic E-state index is 0.0286. The van der Waals surface area contributed by atoms with E-state index < -0.39 is 0 Å². The zero-order chi connectivity index (χ0) is 12.3. The first-order valence-corrected chi connectivity index (χ1v) is 7.51. The van der Waals surface area contributed by atoms with Gasteiger partial charge in [-0.2, -0.15) is 0 Å². The van der Waals surface area contributed by atoms with E-state index in [0.29, 0.717) is 6.61 Å². The van der Waals surface area contributed by atoms with Crippen LogP contribution < -0.4 is 0 Å². The van der Waals surface area contributed by atoms with Crippen LogP contribution in [0.5, 0.6) is 0 Å². The zero-order valence-electron chi connectivity index (χ0n) is 11.4. The van der Waals surface area contributed by atoms with Crippen molar-refractivity contribution in [2.75, 3.05) is 6.61 Å². The Morgan fingerprint density at radius 2 is 1.47 bits per heavy atom. The summed E-state index contributed by atoms with van der Waals surface area (Å²) in [5.41, 5.74) is 0. The Bertz CT molecular complexity index is 201. The molecule has 0 aromatic heterocycles. The van der Waals surface area contributed by atoms with Crippen LogP contribution in [0.25, 0.3) is 0 Å². The molecule has 1 saturated heterocycles. The monoisotopic (exact) mass is 240 g/mol. The molecule has 0 radical (unpaired) electrons. The van der Waals surface area contributed by atoms with E-state index in [2.05, 4.69) is 6.92 Å². The second-order valence-electron chi connectivity index (χ2n) is 5.30. The van der Waals surface area contributed by atoms with Crippen molar-refractivity contribution in [1.29, 1.82) is 0 Å². The number of carbonyl (C=O) groups excluding carboxylic acids is 1. The fourth-order valence-electron chi connectivity index (χ4n) is 2.35. The van der Waals surface area contributed by atoms with Crippen molar-refractivity contribution in [3.05, 3.63) is 0 Å². The molecule has 0 N–H and O–H groups in total. The van der Waals surface area contributed by atoms with E-state index >= 15 is 0 Å². The van der Waals surface area contributed by atoms with Crippen LogP contribution in [0.15, 0.2) is 0 Å². The molecular formula is C15H28O2. The van der Waals surface area contributed by atoms with E-state index in [1.54, 1.807) is 0 Å². The summed E-state index contributed by atoms with van der Waals surface area (Å²) in [6.45, 7) is 2.94. The van der Waals surface area contributed by atoms with Crippen LogP contribution in [-0.2, 0) is 9.53 Å². The number of ether oxygens (including phenoxy) is 1. The van der Waals surface area contributed by atoms with Gasteiger partial charge in [-0.15, -0.1) is 0 Å². The highest BCUT2D eigenvalue weighted by Gasteiger charge is 2.29. The van der Waals surface area contributed by atoms with Crippen molar-refractivity contribution in [3.8, 4) is 0 Å². The number of cyclic esters (lactones) is 1. The third kappa shape index (κ3) is 6.70. The lowest BCUT2D eigenvalue weighted by Crippen LogP contribution is -2.34. The molecule has 0 aromatic carbocycles. The molecule has 100 valence electrons. The topological polar surface area (TPSA) is 26.3 Å². The zero-order valence-corrected chi connectivity index (χ0v) is 11.4. The van der Waals surface area contributed by atoms with Gasteiger partial charge in [-0.1, -0.05) is 71.1 Å². The maximum absolute atomic E-state index is 10.9. The molecule has 1 rings (SSSR count). The summed E-state index contributed by atoms with van der Waals surface area (Å²) >= 11 is 0. The second-order valence-corrected chi connectivity index (χ2v) is 5.30. The summed E-state index contributed by atoms with van der Waals surface area (Å²) in [6, 6.07) is 0. The Balaban J connectivity index is 1.71. The predicted octanol–water partition coefficient (Wildman–Crippen LogP) is 4.47. The predicted molar refractivity (Wildman–Crippen MR) is 70.9 cm³/mol. The molecule has 1 atom stereocenters. The van der Waals surface area contributed by atoms with Crippen molar-refractivity contribution < 1.29 is 9.53 Å². The van der Waals surface area contributed by atoms with E-state index in [1.165, 1.54) is 64.2 Å². The minimum absolute atomic E-state index is 0.0286. The third-order valence-corrected chi connectivity index (χ3v) is 3.67. The average Bonchev–Trinajstić information content (AvgIpc) is 2.34. The Morgan fingerprint density at radius 3 is 1.88 bits per heavy atom. The molecule has 1 unspecified atom stereocenters. The highest BCUT2D eigenvalue weighted by molar-refractivity contribution is 5.77. The Morgan fingerprint density at radius 1 is 0.941 bits per heavy atom. The molecule has 0 saturated carbocycles. The van der Waals surface area contributed by atoms with Gasteiger partial charge in [0.15, 0.2) is 0 Å². The number of carbonyl (C=O) groups is 1. The van der Waals surface area contributed by atoms with Crippen molar-refractivity contribution in [1.82, 2.24) is 0 Å². The molecule has 0 spiro atoms. The van der Waals surface area contributed by atoms with Gasteiger partial charge >= 0.3 is 5.97 Å². The van der Waals surface area contributed by atoms with Gasteiger partial charge in [0.25, 0.3) is 0 Å². The normalized spacial score (nSPS) is 18.9. The lowest BCUT2D eigenvalue weighted by molar-refractivity contribution is -0.169. The number of hydrogen-bond acceptors (Lipinski definition) is 2. The molecule has 0 amide bonds. The van der Waals surface area contributed by atoms with Gasteiger partial charge < -0.3 is 4.74 Å². The number of rotatable bonds is 11. The van der Waals surface area contributed by atoms with Gasteiger partial charge in [-0.25, -0.2) is 0 Å². The molecule has 1 fully saturated rings. The van der Waals surface area contributed by atoms with Gasteiger partial charge in [-0.05, 0) is 6.42 Å². The SMILES string of the molecule is CCCCCCCCCCCCC1COC1=O.